The molecule has 3 heteroatoms. The second-order valence-electron chi connectivity index (χ2n) is 4.39. The minimum Gasteiger partial charge on any atom is -0.383 e. The predicted molar refractivity (Wildman–Crippen MR) is 54.6 cm³/mol. The number of ether oxygens (including phenoxy) is 1. The Morgan fingerprint density at radius 1 is 1.38 bits per heavy atom. The number of nitrogens with zero attached hydrogens (tertiary/aromatic N) is 1. The summed E-state index contributed by atoms with van der Waals surface area (Å²) in [7, 11) is 1.70. The van der Waals surface area contributed by atoms with Crippen LogP contribution in [0, 0.1) is 11.8 Å². The number of nitrogens with two attached hydrogens (primary N) is 1. The highest BCUT2D eigenvalue weighted by molar-refractivity contribution is 4.80. The van der Waals surface area contributed by atoms with Gasteiger partial charge in [0.1, 0.15) is 0 Å². The van der Waals surface area contributed by atoms with E-state index < -0.39 is 0 Å². The van der Waals surface area contributed by atoms with Crippen LogP contribution in [0.3, 0.4) is 0 Å². The summed E-state index contributed by atoms with van der Waals surface area (Å²) in [6.45, 7) is 8.65. The molecule has 0 saturated carbocycles. The first kappa shape index (κ1) is 11.0. The van der Waals surface area contributed by atoms with E-state index >= 15 is 0 Å². The van der Waals surface area contributed by atoms with Crippen molar-refractivity contribution in [3.05, 3.63) is 0 Å². The fraction of sp³-hybridized carbons (Fsp3) is 1.00. The van der Waals surface area contributed by atoms with Gasteiger partial charge in [-0.2, -0.15) is 0 Å². The summed E-state index contributed by atoms with van der Waals surface area (Å²) in [5, 5.41) is 0. The highest BCUT2D eigenvalue weighted by Crippen LogP contribution is 2.21. The van der Waals surface area contributed by atoms with E-state index in [1.165, 1.54) is 13.1 Å². The van der Waals surface area contributed by atoms with Crippen LogP contribution in [0.2, 0.25) is 0 Å². The maximum absolute atomic E-state index is 5.89. The minimum absolute atomic E-state index is 0.169. The van der Waals surface area contributed by atoms with Crippen molar-refractivity contribution in [2.24, 2.45) is 17.6 Å². The van der Waals surface area contributed by atoms with Crippen molar-refractivity contribution in [1.82, 2.24) is 4.90 Å². The van der Waals surface area contributed by atoms with Gasteiger partial charge >= 0.3 is 0 Å². The largest absolute Gasteiger partial charge is 0.383 e. The molecule has 3 unspecified atom stereocenters. The van der Waals surface area contributed by atoms with E-state index in [2.05, 4.69) is 18.7 Å². The van der Waals surface area contributed by atoms with Crippen LogP contribution in [0.1, 0.15) is 13.8 Å². The highest BCUT2D eigenvalue weighted by Gasteiger charge is 2.26. The van der Waals surface area contributed by atoms with Crippen molar-refractivity contribution in [2.75, 3.05) is 33.4 Å². The zero-order valence-electron chi connectivity index (χ0n) is 8.99. The summed E-state index contributed by atoms with van der Waals surface area (Å²) in [5.41, 5.74) is 5.89. The van der Waals surface area contributed by atoms with Gasteiger partial charge in [0.25, 0.3) is 0 Å². The summed E-state index contributed by atoms with van der Waals surface area (Å²) < 4.78 is 5.02. The van der Waals surface area contributed by atoms with Gasteiger partial charge in [0.15, 0.2) is 0 Å². The van der Waals surface area contributed by atoms with Crippen LogP contribution in [-0.4, -0.2) is 44.3 Å². The van der Waals surface area contributed by atoms with Crippen molar-refractivity contribution < 1.29 is 4.74 Å². The van der Waals surface area contributed by atoms with Crippen molar-refractivity contribution in [1.29, 1.82) is 0 Å². The molecule has 1 saturated heterocycles. The molecule has 1 aliphatic heterocycles. The first-order valence-electron chi connectivity index (χ1n) is 5.10. The van der Waals surface area contributed by atoms with Crippen LogP contribution < -0.4 is 5.73 Å². The first-order chi connectivity index (χ1) is 6.13. The third-order valence-electron chi connectivity index (χ3n) is 2.94. The third kappa shape index (κ3) is 3.25. The lowest BCUT2D eigenvalue weighted by Gasteiger charge is -2.19. The van der Waals surface area contributed by atoms with E-state index in [0.29, 0.717) is 6.61 Å². The Balaban J connectivity index is 2.23. The first-order valence-corrected chi connectivity index (χ1v) is 5.10. The van der Waals surface area contributed by atoms with Crippen molar-refractivity contribution in [3.63, 3.8) is 0 Å². The highest BCUT2D eigenvalue weighted by atomic mass is 16.5. The normalized spacial score (nSPS) is 32.3. The molecule has 1 fully saturated rings. The molecule has 1 rings (SSSR count). The SMILES string of the molecule is COCC(N)CN1CC(C)C(C)C1. The van der Waals surface area contributed by atoms with E-state index in [-0.39, 0.29) is 6.04 Å². The van der Waals surface area contributed by atoms with E-state index in [1.807, 2.05) is 0 Å². The van der Waals surface area contributed by atoms with Crippen molar-refractivity contribution in [2.45, 2.75) is 19.9 Å². The number of methoxy groups -OCH3 is 1. The maximum atomic E-state index is 5.89. The van der Waals surface area contributed by atoms with Gasteiger partial charge in [-0.05, 0) is 11.8 Å². The Labute approximate surface area is 81.2 Å². The monoisotopic (exact) mass is 186 g/mol. The van der Waals surface area contributed by atoms with Crippen LogP contribution in [0.15, 0.2) is 0 Å². The number of hydrogen-bond acceptors (Lipinski definition) is 3. The van der Waals surface area contributed by atoms with Crippen LogP contribution in [0.5, 0.6) is 0 Å². The zero-order chi connectivity index (χ0) is 9.84. The number of hydrogen-bond donors (Lipinski definition) is 1. The topological polar surface area (TPSA) is 38.5 Å². The van der Waals surface area contributed by atoms with Gasteiger partial charge in [0, 0.05) is 32.8 Å². The van der Waals surface area contributed by atoms with Crippen LogP contribution in [0.25, 0.3) is 0 Å². The van der Waals surface area contributed by atoms with Crippen LogP contribution >= 0.6 is 0 Å². The number of rotatable bonds is 4. The molecule has 0 aromatic carbocycles. The summed E-state index contributed by atoms with van der Waals surface area (Å²) in [6.07, 6.45) is 0. The van der Waals surface area contributed by atoms with Gasteiger partial charge in [-0.25, -0.2) is 0 Å². The Hall–Kier alpha value is -0.120. The van der Waals surface area contributed by atoms with Crippen molar-refractivity contribution in [3.8, 4) is 0 Å². The van der Waals surface area contributed by atoms with Gasteiger partial charge in [-0.3, -0.25) is 0 Å². The predicted octanol–water partition coefficient (Wildman–Crippen LogP) is 0.548. The molecule has 3 atom stereocenters. The molecule has 78 valence electrons. The molecule has 3 nitrogen and oxygen atoms in total. The fourth-order valence-electron chi connectivity index (χ4n) is 2.00. The molecule has 0 spiro atoms. The van der Waals surface area contributed by atoms with E-state index in [0.717, 1.165) is 18.4 Å². The van der Waals surface area contributed by atoms with E-state index in [1.54, 1.807) is 7.11 Å². The summed E-state index contributed by atoms with van der Waals surface area (Å²) >= 11 is 0. The summed E-state index contributed by atoms with van der Waals surface area (Å²) in [4.78, 5) is 2.44. The van der Waals surface area contributed by atoms with Crippen LogP contribution in [0.4, 0.5) is 0 Å². The molecule has 0 radical (unpaired) electrons. The molecular weight excluding hydrogens is 164 g/mol. The van der Waals surface area contributed by atoms with Gasteiger partial charge in [-0.15, -0.1) is 0 Å². The third-order valence-corrected chi connectivity index (χ3v) is 2.94. The van der Waals surface area contributed by atoms with Gasteiger partial charge < -0.3 is 15.4 Å². The van der Waals surface area contributed by atoms with Crippen molar-refractivity contribution >= 4 is 0 Å². The Kier molecular flexibility index (Phi) is 4.16. The molecule has 1 aliphatic rings. The Morgan fingerprint density at radius 2 is 1.92 bits per heavy atom. The van der Waals surface area contributed by atoms with Gasteiger partial charge in [0.2, 0.25) is 0 Å². The van der Waals surface area contributed by atoms with E-state index in [9.17, 15) is 0 Å². The molecular formula is C10H22N2O. The molecule has 13 heavy (non-hydrogen) atoms. The average Bonchev–Trinajstić information content (AvgIpc) is 2.31. The molecule has 0 aromatic heterocycles. The Morgan fingerprint density at radius 3 is 2.38 bits per heavy atom. The molecule has 0 aromatic rings. The lowest BCUT2D eigenvalue weighted by Crippen LogP contribution is -2.39. The number of likely N-dealkylation sites (tertiary alicyclic amines) is 1. The molecule has 0 bridgehead atoms. The van der Waals surface area contributed by atoms with Gasteiger partial charge in [0.05, 0.1) is 6.61 Å². The summed E-state index contributed by atoms with van der Waals surface area (Å²) in [6, 6.07) is 0.169. The van der Waals surface area contributed by atoms with E-state index in [4.69, 9.17) is 10.5 Å². The summed E-state index contributed by atoms with van der Waals surface area (Å²) in [5.74, 6) is 1.63. The molecule has 0 amide bonds. The standard InChI is InChI=1S/C10H22N2O/c1-8-4-12(5-9(8)2)6-10(11)7-13-3/h8-10H,4-7,11H2,1-3H3. The fourth-order valence-corrected chi connectivity index (χ4v) is 2.00. The lowest BCUT2D eigenvalue weighted by molar-refractivity contribution is 0.159. The van der Waals surface area contributed by atoms with Crippen LogP contribution in [-0.2, 0) is 4.74 Å². The average molecular weight is 186 g/mol. The second kappa shape index (κ2) is 4.94. The quantitative estimate of drug-likeness (QED) is 0.697. The zero-order valence-corrected chi connectivity index (χ0v) is 8.99. The smallest absolute Gasteiger partial charge is 0.0626 e. The Bertz CT molecular complexity index is 142. The maximum Gasteiger partial charge on any atom is 0.0626 e. The lowest BCUT2D eigenvalue weighted by atomic mass is 10.0. The molecule has 2 N–H and O–H groups in total. The molecule has 0 aliphatic carbocycles. The second-order valence-corrected chi connectivity index (χ2v) is 4.39. The van der Waals surface area contributed by atoms with Gasteiger partial charge in [-0.1, -0.05) is 13.8 Å². The molecule has 1 heterocycles. The minimum atomic E-state index is 0.169.